The minimum absolute atomic E-state index is 0.0705. The summed E-state index contributed by atoms with van der Waals surface area (Å²) in [5, 5.41) is 1.70. The fourth-order valence-corrected chi connectivity index (χ4v) is 3.67. The van der Waals surface area contributed by atoms with Crippen molar-refractivity contribution in [2.75, 3.05) is 11.4 Å². The van der Waals surface area contributed by atoms with Crippen molar-refractivity contribution in [3.63, 3.8) is 0 Å². The minimum atomic E-state index is -4.00. The Labute approximate surface area is 172 Å². The summed E-state index contributed by atoms with van der Waals surface area (Å²) in [5.74, 6) is -1.98. The number of nitrogens with zero attached hydrogens (tertiary/aromatic N) is 1. The van der Waals surface area contributed by atoms with Gasteiger partial charge in [0.05, 0.1) is 21.2 Å². The predicted octanol–water partition coefficient (Wildman–Crippen LogP) is 1.91. The third-order valence-corrected chi connectivity index (χ3v) is 5.95. The summed E-state index contributed by atoms with van der Waals surface area (Å²) < 4.78 is 31.8. The van der Waals surface area contributed by atoms with Crippen molar-refractivity contribution in [1.82, 2.24) is 5.32 Å². The number of nitrogens with one attached hydrogen (secondary N) is 1. The molecule has 2 aromatic carbocycles. The third-order valence-electron chi connectivity index (χ3n) is 3.84. The zero-order valence-corrected chi connectivity index (χ0v) is 17.0. The fraction of sp³-hybridized carbons (Fsp3) is 0.167. The van der Waals surface area contributed by atoms with E-state index < -0.39 is 34.0 Å². The number of nitrogens with two attached hydrogens (primary N) is 1. The molecule has 0 heterocycles. The fourth-order valence-electron chi connectivity index (χ4n) is 2.26. The number of anilines is 1. The number of carbonyl (C=O) groups excluding carboxylic acids is 3. The van der Waals surface area contributed by atoms with Gasteiger partial charge in [0.1, 0.15) is 0 Å². The normalized spacial score (nSPS) is 12.0. The minimum Gasteiger partial charge on any atom is -0.449 e. The SMILES string of the molecule is C[C@@H](OC(=O)c1cc(S(=O)(=O)N(C)c2ccccc2)ccc1Cl)C(=O)NC(N)=O. The Balaban J connectivity index is 2.30. The molecule has 29 heavy (non-hydrogen) atoms. The Kier molecular flexibility index (Phi) is 6.83. The maximum atomic E-state index is 12.9. The van der Waals surface area contributed by atoms with Crippen LogP contribution in [0.5, 0.6) is 0 Å². The molecule has 0 radical (unpaired) electrons. The molecule has 9 nitrogen and oxygen atoms in total. The van der Waals surface area contributed by atoms with Gasteiger partial charge in [-0.2, -0.15) is 0 Å². The number of rotatable bonds is 6. The molecule has 154 valence electrons. The van der Waals surface area contributed by atoms with E-state index in [1.807, 2.05) is 0 Å². The summed E-state index contributed by atoms with van der Waals surface area (Å²) in [6.45, 7) is 1.22. The number of urea groups is 1. The van der Waals surface area contributed by atoms with Crippen LogP contribution in [-0.4, -0.2) is 39.5 Å². The number of esters is 1. The van der Waals surface area contributed by atoms with Crippen LogP contribution in [0.1, 0.15) is 17.3 Å². The Morgan fingerprint density at radius 1 is 1.14 bits per heavy atom. The largest absolute Gasteiger partial charge is 0.449 e. The third kappa shape index (κ3) is 5.24. The summed E-state index contributed by atoms with van der Waals surface area (Å²) in [6.07, 6.45) is -1.36. The first kappa shape index (κ1) is 22.2. The number of amides is 3. The lowest BCUT2D eigenvalue weighted by atomic mass is 10.2. The zero-order chi connectivity index (χ0) is 21.8. The predicted molar refractivity (Wildman–Crippen MR) is 106 cm³/mol. The molecule has 3 amide bonds. The lowest BCUT2D eigenvalue weighted by molar-refractivity contribution is -0.127. The molecule has 0 aliphatic heterocycles. The van der Waals surface area contributed by atoms with E-state index in [0.29, 0.717) is 5.69 Å². The zero-order valence-electron chi connectivity index (χ0n) is 15.5. The van der Waals surface area contributed by atoms with E-state index in [1.54, 1.807) is 35.6 Å². The number of sulfonamides is 1. The average molecular weight is 440 g/mol. The van der Waals surface area contributed by atoms with Crippen LogP contribution in [0.15, 0.2) is 53.4 Å². The Morgan fingerprint density at radius 3 is 2.34 bits per heavy atom. The standard InChI is InChI=1S/C18H18ClN3O6S/c1-11(16(23)21-18(20)25)28-17(24)14-10-13(8-9-15(14)19)29(26,27)22(2)12-6-4-3-5-7-12/h3-11H,1-2H3,(H3,20,21,23,25)/t11-/m1/s1. The first-order valence-electron chi connectivity index (χ1n) is 8.19. The molecule has 0 saturated carbocycles. The molecule has 3 N–H and O–H groups in total. The van der Waals surface area contributed by atoms with Gasteiger partial charge in [0.15, 0.2) is 6.10 Å². The molecule has 11 heteroatoms. The van der Waals surface area contributed by atoms with Crippen LogP contribution in [0.25, 0.3) is 0 Å². The van der Waals surface area contributed by atoms with Gasteiger partial charge in [-0.15, -0.1) is 0 Å². The van der Waals surface area contributed by atoms with Crippen molar-refractivity contribution in [3.8, 4) is 0 Å². The van der Waals surface area contributed by atoms with E-state index in [-0.39, 0.29) is 15.5 Å². The Morgan fingerprint density at radius 2 is 1.76 bits per heavy atom. The summed E-state index contributed by atoms with van der Waals surface area (Å²) in [4.78, 5) is 34.5. The van der Waals surface area contributed by atoms with Gasteiger partial charge in [0, 0.05) is 7.05 Å². The molecule has 0 aliphatic carbocycles. The molecule has 0 spiro atoms. The second-order valence-corrected chi connectivity index (χ2v) is 8.23. The van der Waals surface area contributed by atoms with E-state index >= 15 is 0 Å². The van der Waals surface area contributed by atoms with Crippen molar-refractivity contribution in [2.45, 2.75) is 17.9 Å². The molecule has 0 bridgehead atoms. The van der Waals surface area contributed by atoms with Crippen molar-refractivity contribution < 1.29 is 27.5 Å². The van der Waals surface area contributed by atoms with Gasteiger partial charge < -0.3 is 10.5 Å². The number of halogens is 1. The van der Waals surface area contributed by atoms with Crippen molar-refractivity contribution in [2.24, 2.45) is 5.73 Å². The van der Waals surface area contributed by atoms with E-state index in [1.165, 1.54) is 26.1 Å². The van der Waals surface area contributed by atoms with Crippen LogP contribution in [0.3, 0.4) is 0 Å². The van der Waals surface area contributed by atoms with Gasteiger partial charge in [-0.25, -0.2) is 18.0 Å². The van der Waals surface area contributed by atoms with E-state index in [0.717, 1.165) is 10.4 Å². The first-order valence-corrected chi connectivity index (χ1v) is 10.0. The average Bonchev–Trinajstić information content (AvgIpc) is 2.67. The molecule has 2 aromatic rings. The smallest absolute Gasteiger partial charge is 0.340 e. The maximum Gasteiger partial charge on any atom is 0.340 e. The molecular weight excluding hydrogens is 422 g/mol. The first-order chi connectivity index (χ1) is 13.5. The van der Waals surface area contributed by atoms with Crippen LogP contribution in [-0.2, 0) is 19.6 Å². The summed E-state index contributed by atoms with van der Waals surface area (Å²) in [7, 11) is -2.63. The van der Waals surface area contributed by atoms with Gasteiger partial charge in [0.25, 0.3) is 15.9 Å². The van der Waals surface area contributed by atoms with Crippen molar-refractivity contribution in [1.29, 1.82) is 0 Å². The molecule has 0 saturated heterocycles. The number of para-hydroxylation sites is 1. The molecular formula is C18H18ClN3O6S. The summed E-state index contributed by atoms with van der Waals surface area (Å²) >= 11 is 6.00. The highest BCUT2D eigenvalue weighted by atomic mass is 35.5. The molecule has 1 atom stereocenters. The number of carbonyl (C=O) groups is 3. The summed E-state index contributed by atoms with van der Waals surface area (Å²) in [5.41, 5.74) is 5.00. The molecule has 0 aromatic heterocycles. The van der Waals surface area contributed by atoms with Gasteiger partial charge in [-0.3, -0.25) is 14.4 Å². The second-order valence-electron chi connectivity index (χ2n) is 5.85. The van der Waals surface area contributed by atoms with Gasteiger partial charge >= 0.3 is 12.0 Å². The second kappa shape index (κ2) is 8.93. The van der Waals surface area contributed by atoms with Gasteiger partial charge in [-0.05, 0) is 37.3 Å². The van der Waals surface area contributed by atoms with Crippen molar-refractivity contribution in [3.05, 3.63) is 59.1 Å². The van der Waals surface area contributed by atoms with E-state index in [4.69, 9.17) is 22.1 Å². The lowest BCUT2D eigenvalue weighted by Gasteiger charge is -2.20. The number of imide groups is 1. The van der Waals surface area contributed by atoms with Gasteiger partial charge in [-0.1, -0.05) is 29.8 Å². The number of hydrogen-bond acceptors (Lipinski definition) is 6. The van der Waals surface area contributed by atoms with Crippen LogP contribution in [0.4, 0.5) is 10.5 Å². The molecule has 0 fully saturated rings. The number of benzene rings is 2. The molecule has 2 rings (SSSR count). The van der Waals surface area contributed by atoms with E-state index in [9.17, 15) is 22.8 Å². The van der Waals surface area contributed by atoms with Gasteiger partial charge in [0.2, 0.25) is 0 Å². The number of primary amides is 1. The highest BCUT2D eigenvalue weighted by Gasteiger charge is 2.26. The molecule has 0 unspecified atom stereocenters. The van der Waals surface area contributed by atoms with E-state index in [2.05, 4.69) is 0 Å². The highest BCUT2D eigenvalue weighted by molar-refractivity contribution is 7.92. The van der Waals surface area contributed by atoms with Crippen LogP contribution in [0, 0.1) is 0 Å². The van der Waals surface area contributed by atoms with Crippen LogP contribution in [0.2, 0.25) is 5.02 Å². The quantitative estimate of drug-likeness (QED) is 0.660. The Bertz CT molecular complexity index is 1040. The van der Waals surface area contributed by atoms with Crippen LogP contribution >= 0.6 is 11.6 Å². The number of hydrogen-bond donors (Lipinski definition) is 2. The Hall–Kier alpha value is -3.11. The van der Waals surface area contributed by atoms with Crippen LogP contribution < -0.4 is 15.4 Å². The maximum absolute atomic E-state index is 12.9. The number of ether oxygens (including phenoxy) is 1. The monoisotopic (exact) mass is 439 g/mol. The van der Waals surface area contributed by atoms with Crippen molar-refractivity contribution >= 4 is 45.2 Å². The highest BCUT2D eigenvalue weighted by Crippen LogP contribution is 2.26. The molecule has 0 aliphatic rings. The lowest BCUT2D eigenvalue weighted by Crippen LogP contribution is -2.42. The topological polar surface area (TPSA) is 136 Å². The summed E-state index contributed by atoms with van der Waals surface area (Å²) in [6, 6.07) is 10.8.